The van der Waals surface area contributed by atoms with Crippen molar-refractivity contribution in [3.8, 4) is 11.6 Å². The lowest BCUT2D eigenvalue weighted by Crippen LogP contribution is -1.99. The Bertz CT molecular complexity index is 735. The fourth-order valence-electron chi connectivity index (χ4n) is 1.59. The van der Waals surface area contributed by atoms with E-state index in [0.717, 1.165) is 6.07 Å². The summed E-state index contributed by atoms with van der Waals surface area (Å²) in [5, 5.41) is 21.9. The molecule has 0 aliphatic rings. The average Bonchev–Trinajstić information content (AvgIpc) is 2.40. The fourth-order valence-corrected chi connectivity index (χ4v) is 1.72. The SMILES string of the molecule is Cc1ccc(Oc2nc(Cl)ccc2[N+](=O)[O-])c([N+](=O)[O-])c1. The smallest absolute Gasteiger partial charge is 0.331 e. The van der Waals surface area contributed by atoms with E-state index < -0.39 is 21.4 Å². The summed E-state index contributed by atoms with van der Waals surface area (Å²) in [4.78, 5) is 24.2. The molecule has 0 N–H and O–H groups in total. The molecule has 0 saturated heterocycles. The summed E-state index contributed by atoms with van der Waals surface area (Å²) in [6, 6.07) is 6.57. The highest BCUT2D eigenvalue weighted by molar-refractivity contribution is 6.29. The number of aromatic nitrogens is 1. The highest BCUT2D eigenvalue weighted by Gasteiger charge is 2.22. The average molecular weight is 310 g/mol. The molecule has 0 fully saturated rings. The molecule has 0 atom stereocenters. The number of ether oxygens (including phenoxy) is 1. The predicted molar refractivity (Wildman–Crippen MR) is 73.8 cm³/mol. The zero-order chi connectivity index (χ0) is 15.6. The van der Waals surface area contributed by atoms with Gasteiger partial charge in [0.25, 0.3) is 0 Å². The van der Waals surface area contributed by atoms with Gasteiger partial charge in [-0.15, -0.1) is 0 Å². The maximum Gasteiger partial charge on any atom is 0.331 e. The standard InChI is InChI=1S/C12H8ClN3O5/c1-7-2-4-10(9(6-7)16(19)20)21-12-8(15(17)18)3-5-11(13)14-12/h2-6H,1H3. The van der Waals surface area contributed by atoms with E-state index in [2.05, 4.69) is 4.98 Å². The van der Waals surface area contributed by atoms with Gasteiger partial charge in [0, 0.05) is 12.1 Å². The minimum atomic E-state index is -0.710. The van der Waals surface area contributed by atoms with Crippen LogP contribution in [0.4, 0.5) is 11.4 Å². The van der Waals surface area contributed by atoms with E-state index in [0.29, 0.717) is 5.56 Å². The van der Waals surface area contributed by atoms with Crippen LogP contribution < -0.4 is 4.74 Å². The largest absolute Gasteiger partial charge is 0.426 e. The lowest BCUT2D eigenvalue weighted by molar-refractivity contribution is -0.387. The van der Waals surface area contributed by atoms with Gasteiger partial charge in [0.15, 0.2) is 0 Å². The summed E-state index contributed by atoms with van der Waals surface area (Å²) in [7, 11) is 0. The third-order valence-electron chi connectivity index (χ3n) is 2.52. The molecule has 8 nitrogen and oxygen atoms in total. The number of hydrogen-bond donors (Lipinski definition) is 0. The first-order valence-corrected chi connectivity index (χ1v) is 6.00. The van der Waals surface area contributed by atoms with Crippen molar-refractivity contribution in [1.82, 2.24) is 4.98 Å². The van der Waals surface area contributed by atoms with Crippen LogP contribution >= 0.6 is 11.6 Å². The summed E-state index contributed by atoms with van der Waals surface area (Å²) in [5.41, 5.74) is -0.0945. The molecule has 108 valence electrons. The normalized spacial score (nSPS) is 10.2. The second kappa shape index (κ2) is 5.71. The van der Waals surface area contributed by atoms with Crippen LogP contribution in [-0.2, 0) is 0 Å². The Morgan fingerprint density at radius 2 is 1.76 bits per heavy atom. The van der Waals surface area contributed by atoms with E-state index in [9.17, 15) is 20.2 Å². The number of nitrogens with zero attached hydrogens (tertiary/aromatic N) is 3. The third kappa shape index (κ3) is 3.23. The van der Waals surface area contributed by atoms with Gasteiger partial charge in [-0.3, -0.25) is 20.2 Å². The molecule has 1 aromatic heterocycles. The van der Waals surface area contributed by atoms with E-state index in [-0.39, 0.29) is 16.6 Å². The monoisotopic (exact) mass is 309 g/mol. The molecule has 0 amide bonds. The maximum atomic E-state index is 11.0. The number of nitro groups is 2. The summed E-state index contributed by atoms with van der Waals surface area (Å²) in [5.74, 6) is -0.553. The molecule has 0 radical (unpaired) electrons. The van der Waals surface area contributed by atoms with Crippen molar-refractivity contribution in [2.75, 3.05) is 0 Å². The molecule has 2 aromatic rings. The molecule has 0 unspecified atom stereocenters. The van der Waals surface area contributed by atoms with Crippen LogP contribution in [0.2, 0.25) is 5.15 Å². The summed E-state index contributed by atoms with van der Waals surface area (Å²) < 4.78 is 5.22. The van der Waals surface area contributed by atoms with Crippen molar-refractivity contribution >= 4 is 23.0 Å². The van der Waals surface area contributed by atoms with Crippen LogP contribution in [-0.4, -0.2) is 14.8 Å². The molecule has 1 aromatic carbocycles. The number of pyridine rings is 1. The summed E-state index contributed by atoms with van der Waals surface area (Å²) >= 11 is 5.67. The van der Waals surface area contributed by atoms with Crippen LogP contribution in [0.25, 0.3) is 0 Å². The zero-order valence-corrected chi connectivity index (χ0v) is 11.4. The van der Waals surface area contributed by atoms with Crippen LogP contribution in [0.5, 0.6) is 11.6 Å². The molecule has 2 rings (SSSR count). The van der Waals surface area contributed by atoms with Gasteiger partial charge >= 0.3 is 17.3 Å². The minimum absolute atomic E-state index is 0.0228. The molecule has 0 spiro atoms. The van der Waals surface area contributed by atoms with Gasteiger partial charge in [0.2, 0.25) is 5.75 Å². The lowest BCUT2D eigenvalue weighted by Gasteiger charge is -2.06. The molecule has 0 saturated carbocycles. The van der Waals surface area contributed by atoms with Crippen molar-refractivity contribution < 1.29 is 14.6 Å². The fraction of sp³-hybridized carbons (Fsp3) is 0.0833. The second-order valence-corrected chi connectivity index (χ2v) is 4.43. The second-order valence-electron chi connectivity index (χ2n) is 4.05. The first-order chi connectivity index (χ1) is 9.88. The number of hydrogen-bond acceptors (Lipinski definition) is 6. The maximum absolute atomic E-state index is 11.0. The molecular weight excluding hydrogens is 302 g/mol. The highest BCUT2D eigenvalue weighted by atomic mass is 35.5. The van der Waals surface area contributed by atoms with Gasteiger partial charge in [-0.2, -0.15) is 4.98 Å². The number of aryl methyl sites for hydroxylation is 1. The van der Waals surface area contributed by atoms with Crippen LogP contribution in [0.15, 0.2) is 30.3 Å². The van der Waals surface area contributed by atoms with E-state index in [1.807, 2.05) is 0 Å². The first-order valence-electron chi connectivity index (χ1n) is 5.62. The topological polar surface area (TPSA) is 108 Å². The zero-order valence-electron chi connectivity index (χ0n) is 10.6. The Hall–Kier alpha value is -2.74. The van der Waals surface area contributed by atoms with Crippen LogP contribution in [0.1, 0.15) is 5.56 Å². The van der Waals surface area contributed by atoms with E-state index in [1.165, 1.54) is 18.2 Å². The van der Waals surface area contributed by atoms with Crippen LogP contribution in [0.3, 0.4) is 0 Å². The van der Waals surface area contributed by atoms with Gasteiger partial charge in [-0.1, -0.05) is 17.7 Å². The van der Waals surface area contributed by atoms with E-state index in [1.54, 1.807) is 13.0 Å². The Morgan fingerprint density at radius 3 is 2.38 bits per heavy atom. The number of halogens is 1. The number of benzene rings is 1. The Labute approximate surface area is 123 Å². The van der Waals surface area contributed by atoms with Gasteiger partial charge in [0.1, 0.15) is 5.15 Å². The molecule has 0 bridgehead atoms. The molecular formula is C12H8ClN3O5. The quantitative estimate of drug-likeness (QED) is 0.484. The van der Waals surface area contributed by atoms with Gasteiger partial charge in [-0.05, 0) is 24.6 Å². The van der Waals surface area contributed by atoms with Crippen molar-refractivity contribution in [3.05, 3.63) is 61.3 Å². The summed E-state index contributed by atoms with van der Waals surface area (Å²) in [6.45, 7) is 1.68. The Morgan fingerprint density at radius 1 is 1.10 bits per heavy atom. The van der Waals surface area contributed by atoms with Crippen molar-refractivity contribution in [3.63, 3.8) is 0 Å². The third-order valence-corrected chi connectivity index (χ3v) is 2.73. The molecule has 0 aliphatic heterocycles. The molecule has 21 heavy (non-hydrogen) atoms. The van der Waals surface area contributed by atoms with Gasteiger partial charge in [-0.25, -0.2) is 0 Å². The first kappa shape index (κ1) is 14.7. The van der Waals surface area contributed by atoms with E-state index in [4.69, 9.17) is 16.3 Å². The lowest BCUT2D eigenvalue weighted by atomic mass is 10.2. The van der Waals surface area contributed by atoms with Crippen molar-refractivity contribution in [2.24, 2.45) is 0 Å². The molecule has 0 aliphatic carbocycles. The number of nitro benzene ring substituents is 1. The minimum Gasteiger partial charge on any atom is -0.426 e. The van der Waals surface area contributed by atoms with Gasteiger partial charge < -0.3 is 4.74 Å². The molecule has 1 heterocycles. The highest BCUT2D eigenvalue weighted by Crippen LogP contribution is 2.35. The Kier molecular flexibility index (Phi) is 3.99. The van der Waals surface area contributed by atoms with Crippen molar-refractivity contribution in [1.29, 1.82) is 0 Å². The predicted octanol–water partition coefficient (Wildman–Crippen LogP) is 3.65. The van der Waals surface area contributed by atoms with Crippen LogP contribution in [0, 0.1) is 27.2 Å². The van der Waals surface area contributed by atoms with Crippen molar-refractivity contribution in [2.45, 2.75) is 6.92 Å². The van der Waals surface area contributed by atoms with E-state index >= 15 is 0 Å². The Balaban J connectivity index is 2.50. The van der Waals surface area contributed by atoms with Gasteiger partial charge in [0.05, 0.1) is 9.85 Å². The number of rotatable bonds is 4. The molecule has 9 heteroatoms. The summed E-state index contributed by atoms with van der Waals surface area (Å²) in [6.07, 6.45) is 0.